The first kappa shape index (κ1) is 28.6. The fourth-order valence-corrected chi connectivity index (χ4v) is 8.29. The van der Waals surface area contributed by atoms with Crippen molar-refractivity contribution in [1.82, 2.24) is 19.5 Å². The van der Waals surface area contributed by atoms with E-state index in [1.165, 1.54) is 42.2 Å². The van der Waals surface area contributed by atoms with Gasteiger partial charge in [0.05, 0.1) is 11.0 Å². The number of hydrogen-bond acceptors (Lipinski definition) is 4. The summed E-state index contributed by atoms with van der Waals surface area (Å²) >= 11 is 1.81. The second-order valence-electron chi connectivity index (χ2n) is 12.4. The lowest BCUT2D eigenvalue weighted by Gasteiger charge is -2.10. The summed E-state index contributed by atoms with van der Waals surface area (Å²) in [5, 5.41) is 4.88. The zero-order chi connectivity index (χ0) is 33.0. The van der Waals surface area contributed by atoms with E-state index in [0.717, 1.165) is 33.3 Å². The molecule has 0 radical (unpaired) electrons. The van der Waals surface area contributed by atoms with Gasteiger partial charge in [0.15, 0.2) is 17.5 Å². The van der Waals surface area contributed by atoms with Gasteiger partial charge in [-0.2, -0.15) is 0 Å². The van der Waals surface area contributed by atoms with Crippen LogP contribution in [0.2, 0.25) is 0 Å². The quantitative estimate of drug-likeness (QED) is 0.185. The Hall–Kier alpha value is -6.43. The molecule has 3 heterocycles. The number of rotatable bonds is 5. The van der Waals surface area contributed by atoms with Crippen LogP contribution < -0.4 is 0 Å². The summed E-state index contributed by atoms with van der Waals surface area (Å²) in [5.74, 6) is 1.97. The van der Waals surface area contributed by atoms with Gasteiger partial charge in [0.1, 0.15) is 0 Å². The van der Waals surface area contributed by atoms with Crippen LogP contribution in [0.4, 0.5) is 0 Å². The Morgan fingerprint density at radius 3 is 1.60 bits per heavy atom. The van der Waals surface area contributed by atoms with Crippen molar-refractivity contribution in [2.24, 2.45) is 0 Å². The number of nitrogens with zero attached hydrogens (tertiary/aromatic N) is 4. The Balaban J connectivity index is 1.14. The summed E-state index contributed by atoms with van der Waals surface area (Å²) in [4.78, 5) is 15.2. The van der Waals surface area contributed by atoms with Crippen LogP contribution in [-0.4, -0.2) is 19.5 Å². The summed E-state index contributed by atoms with van der Waals surface area (Å²) < 4.78 is 4.80. The zero-order valence-electron chi connectivity index (χ0n) is 26.9. The highest BCUT2D eigenvalue weighted by Crippen LogP contribution is 2.41. The van der Waals surface area contributed by atoms with E-state index < -0.39 is 0 Å². The van der Waals surface area contributed by atoms with Crippen molar-refractivity contribution in [3.8, 4) is 51.0 Å². The molecular weight excluding hydrogens is 629 g/mol. The minimum absolute atomic E-state index is 0.652. The van der Waals surface area contributed by atoms with Crippen molar-refractivity contribution >= 4 is 53.3 Å². The van der Waals surface area contributed by atoms with Crippen molar-refractivity contribution in [3.05, 3.63) is 170 Å². The zero-order valence-corrected chi connectivity index (χ0v) is 27.7. The number of para-hydroxylation sites is 2. The Bertz CT molecular complexity index is 2800. The maximum atomic E-state index is 5.14. The van der Waals surface area contributed by atoms with Crippen LogP contribution in [0.1, 0.15) is 0 Å². The van der Waals surface area contributed by atoms with Crippen LogP contribution in [0, 0.1) is 0 Å². The van der Waals surface area contributed by atoms with E-state index in [1.54, 1.807) is 0 Å². The minimum Gasteiger partial charge on any atom is -0.309 e. The second-order valence-corrected chi connectivity index (χ2v) is 13.5. The Morgan fingerprint density at radius 2 is 0.920 bits per heavy atom. The molecule has 50 heavy (non-hydrogen) atoms. The van der Waals surface area contributed by atoms with Crippen molar-refractivity contribution in [2.75, 3.05) is 0 Å². The highest BCUT2D eigenvalue weighted by atomic mass is 32.1. The molecule has 0 fully saturated rings. The van der Waals surface area contributed by atoms with E-state index >= 15 is 0 Å². The molecule has 0 spiro atoms. The van der Waals surface area contributed by atoms with Gasteiger partial charge in [-0.3, -0.25) is 0 Å². The second kappa shape index (κ2) is 11.6. The molecule has 0 saturated carbocycles. The van der Waals surface area contributed by atoms with E-state index in [9.17, 15) is 0 Å². The largest absolute Gasteiger partial charge is 0.309 e. The molecule has 3 aromatic heterocycles. The van der Waals surface area contributed by atoms with Gasteiger partial charge in [-0.1, -0.05) is 140 Å². The fourth-order valence-electron chi connectivity index (χ4n) is 7.12. The number of benzene rings is 7. The summed E-state index contributed by atoms with van der Waals surface area (Å²) in [5.41, 5.74) is 8.80. The molecule has 4 nitrogen and oxygen atoms in total. The lowest BCUT2D eigenvalue weighted by molar-refractivity contribution is 1.08. The molecule has 0 saturated heterocycles. The van der Waals surface area contributed by atoms with Gasteiger partial charge in [-0.25, -0.2) is 15.0 Å². The fraction of sp³-hybridized carbons (Fsp3) is 0. The van der Waals surface area contributed by atoms with Crippen LogP contribution in [-0.2, 0) is 0 Å². The van der Waals surface area contributed by atoms with Crippen molar-refractivity contribution < 1.29 is 0 Å². The Morgan fingerprint density at radius 1 is 0.380 bits per heavy atom. The molecule has 5 heteroatoms. The van der Waals surface area contributed by atoms with Crippen LogP contribution in [0.3, 0.4) is 0 Å². The van der Waals surface area contributed by atoms with Crippen molar-refractivity contribution in [1.29, 1.82) is 0 Å². The average Bonchev–Trinajstić information content (AvgIpc) is 3.74. The topological polar surface area (TPSA) is 43.6 Å². The normalized spacial score (nSPS) is 11.6. The van der Waals surface area contributed by atoms with Crippen LogP contribution in [0.5, 0.6) is 0 Å². The molecular formula is C45H28N4S. The van der Waals surface area contributed by atoms with Gasteiger partial charge in [0.25, 0.3) is 0 Å². The molecule has 7 aromatic carbocycles. The molecule has 0 atom stereocenters. The van der Waals surface area contributed by atoms with E-state index in [2.05, 4.69) is 150 Å². The lowest BCUT2D eigenvalue weighted by Crippen LogP contribution is -2.00. The van der Waals surface area contributed by atoms with E-state index in [0.29, 0.717) is 17.5 Å². The van der Waals surface area contributed by atoms with E-state index in [4.69, 9.17) is 15.0 Å². The average molecular weight is 657 g/mol. The van der Waals surface area contributed by atoms with Gasteiger partial charge in [-0.05, 0) is 41.5 Å². The first-order chi connectivity index (χ1) is 24.8. The molecule has 10 rings (SSSR count). The van der Waals surface area contributed by atoms with Crippen LogP contribution >= 0.6 is 11.3 Å². The monoisotopic (exact) mass is 656 g/mol. The predicted octanol–water partition coefficient (Wildman–Crippen LogP) is 12.0. The molecule has 0 aliphatic heterocycles. The molecule has 0 N–H and O–H groups in total. The Labute approximate surface area is 292 Å². The molecule has 0 aliphatic carbocycles. The maximum Gasteiger partial charge on any atom is 0.164 e. The third-order valence-electron chi connectivity index (χ3n) is 9.48. The molecule has 10 aromatic rings. The van der Waals surface area contributed by atoms with Gasteiger partial charge >= 0.3 is 0 Å². The van der Waals surface area contributed by atoms with Gasteiger partial charge in [0, 0.05) is 53.3 Å². The van der Waals surface area contributed by atoms with Gasteiger partial charge in [-0.15, -0.1) is 11.3 Å². The first-order valence-electron chi connectivity index (χ1n) is 16.7. The minimum atomic E-state index is 0.652. The van der Waals surface area contributed by atoms with E-state index in [1.807, 2.05) is 35.6 Å². The Kier molecular flexibility index (Phi) is 6.64. The summed E-state index contributed by atoms with van der Waals surface area (Å²) in [6.07, 6.45) is 0. The molecule has 0 bridgehead atoms. The summed E-state index contributed by atoms with van der Waals surface area (Å²) in [6, 6.07) is 59.7. The molecule has 0 aliphatic rings. The SMILES string of the molecule is c1ccc(-c2ccc(-c3nc(-c4ccccc4)nc(-c4cccc5sc6cc(-n7c8ccccc8c8ccccc87)ccc6c45)n3)cc2)cc1. The number of thiophene rings is 1. The van der Waals surface area contributed by atoms with Crippen molar-refractivity contribution in [3.63, 3.8) is 0 Å². The number of aromatic nitrogens is 4. The van der Waals surface area contributed by atoms with Gasteiger partial charge < -0.3 is 4.57 Å². The summed E-state index contributed by atoms with van der Waals surface area (Å²) in [7, 11) is 0. The lowest BCUT2D eigenvalue weighted by atomic mass is 10.0. The predicted molar refractivity (Wildman–Crippen MR) is 209 cm³/mol. The third kappa shape index (κ3) is 4.71. The maximum absolute atomic E-state index is 5.14. The number of fused-ring (bicyclic) bond motifs is 6. The number of hydrogen-bond donors (Lipinski definition) is 0. The highest BCUT2D eigenvalue weighted by Gasteiger charge is 2.18. The first-order valence-corrected chi connectivity index (χ1v) is 17.5. The van der Waals surface area contributed by atoms with E-state index in [-0.39, 0.29) is 0 Å². The molecule has 0 amide bonds. The van der Waals surface area contributed by atoms with Crippen LogP contribution in [0.25, 0.3) is 93.0 Å². The van der Waals surface area contributed by atoms with Gasteiger partial charge in [0.2, 0.25) is 0 Å². The smallest absolute Gasteiger partial charge is 0.164 e. The molecule has 0 unspecified atom stereocenters. The third-order valence-corrected chi connectivity index (χ3v) is 10.6. The standard InChI is InChI=1S/C45H28N4S/c1-3-12-29(13-4-1)30-22-24-32(25-23-30)44-46-43(31-14-5-2-6-15-31)47-45(48-44)37-18-11-21-40-42(37)36-27-26-33(28-41(36)50-40)49-38-19-9-7-16-34(38)35-17-8-10-20-39(35)49/h1-28H. The summed E-state index contributed by atoms with van der Waals surface area (Å²) in [6.45, 7) is 0. The highest BCUT2D eigenvalue weighted by molar-refractivity contribution is 7.26. The molecule has 234 valence electrons. The van der Waals surface area contributed by atoms with Crippen molar-refractivity contribution in [2.45, 2.75) is 0 Å². The van der Waals surface area contributed by atoms with Crippen LogP contribution in [0.15, 0.2) is 170 Å².